The topological polar surface area (TPSA) is 334 Å². The SMILES string of the molecule is CC(C)(C)OC(=O)NCC#Cc1c(OCCCS(=O)(=O)O)c(C#CCNC(=O)OC(C)(C)C)c(OCCCS(=O)(=O)O)c(C(=O)NCCCCCC=O)c1OCCCS(=O)(=O)O.CO. The van der Waals surface area contributed by atoms with Gasteiger partial charge in [-0.15, -0.1) is 0 Å². The molecule has 0 saturated carbocycles. The Kier molecular flexibility index (Phi) is 26.6. The number of amides is 3. The second-order valence-electron chi connectivity index (χ2n) is 15.2. The highest BCUT2D eigenvalue weighted by molar-refractivity contribution is 7.86. The largest absolute Gasteiger partial charge is 0.491 e. The molecule has 0 radical (unpaired) electrons. The molecule has 0 aliphatic rings. The second-order valence-corrected chi connectivity index (χ2v) is 19.9. The molecule has 1 rings (SSSR count). The summed E-state index contributed by atoms with van der Waals surface area (Å²) >= 11 is 0. The number of aliphatic hydroxyl groups excluding tert-OH is 1. The first kappa shape index (κ1) is 59.1. The molecule has 1 aromatic carbocycles. The molecule has 0 bridgehead atoms. The molecule has 0 aliphatic heterocycles. The van der Waals surface area contributed by atoms with Gasteiger partial charge in [0.1, 0.15) is 34.2 Å². The summed E-state index contributed by atoms with van der Waals surface area (Å²) in [5, 5.41) is 14.6. The molecule has 22 nitrogen and oxygen atoms in total. The Balaban J connectivity index is 0.0000195. The van der Waals surface area contributed by atoms with E-state index in [1.807, 2.05) is 0 Å². The fourth-order valence-electron chi connectivity index (χ4n) is 4.74. The van der Waals surface area contributed by atoms with Crippen molar-refractivity contribution in [2.24, 2.45) is 0 Å². The van der Waals surface area contributed by atoms with Crippen LogP contribution in [0.3, 0.4) is 0 Å². The molecule has 0 spiro atoms. The van der Waals surface area contributed by atoms with Crippen molar-refractivity contribution >= 4 is 54.7 Å². The van der Waals surface area contributed by atoms with Gasteiger partial charge in [-0.3, -0.25) is 18.5 Å². The van der Waals surface area contributed by atoms with Crippen LogP contribution in [0.25, 0.3) is 0 Å². The smallest absolute Gasteiger partial charge is 0.408 e. The number of ether oxygens (including phenoxy) is 5. The predicted molar refractivity (Wildman–Crippen MR) is 233 cm³/mol. The third kappa shape index (κ3) is 28.7. The van der Waals surface area contributed by atoms with Gasteiger partial charge in [-0.2, -0.15) is 25.3 Å². The maximum Gasteiger partial charge on any atom is 0.408 e. The first-order valence-electron chi connectivity index (χ1n) is 19.7. The number of carbonyl (C=O) groups is 4. The van der Waals surface area contributed by atoms with Crippen LogP contribution < -0.4 is 30.2 Å². The van der Waals surface area contributed by atoms with Crippen LogP contribution in [0.4, 0.5) is 9.59 Å². The molecule has 1 aromatic rings. The molecular formula is C39H61N3O19S3. The second kappa shape index (κ2) is 28.8. The fraction of sp³-hybridized carbons (Fsp3) is 0.641. The quantitative estimate of drug-likeness (QED) is 0.0339. The zero-order chi connectivity index (χ0) is 49.2. The lowest BCUT2D eigenvalue weighted by Gasteiger charge is -2.23. The number of rotatable bonds is 24. The van der Waals surface area contributed by atoms with E-state index in [9.17, 15) is 58.1 Å². The minimum atomic E-state index is -4.49. The maximum atomic E-state index is 14.3. The highest BCUT2D eigenvalue weighted by atomic mass is 32.2. The molecule has 364 valence electrons. The van der Waals surface area contributed by atoms with Crippen molar-refractivity contribution in [3.8, 4) is 40.9 Å². The Morgan fingerprint density at radius 2 is 0.953 bits per heavy atom. The van der Waals surface area contributed by atoms with Gasteiger partial charge in [0.25, 0.3) is 36.3 Å². The molecular weight excluding hydrogens is 911 g/mol. The Bertz CT molecular complexity index is 2040. The summed E-state index contributed by atoms with van der Waals surface area (Å²) in [4.78, 5) is 49.9. The highest BCUT2D eigenvalue weighted by Gasteiger charge is 2.31. The van der Waals surface area contributed by atoms with Crippen LogP contribution >= 0.6 is 0 Å². The average molecular weight is 972 g/mol. The van der Waals surface area contributed by atoms with E-state index < -0.39 is 114 Å². The molecule has 0 aromatic heterocycles. The lowest BCUT2D eigenvalue weighted by molar-refractivity contribution is -0.107. The van der Waals surface area contributed by atoms with Gasteiger partial charge in [0.2, 0.25) is 0 Å². The van der Waals surface area contributed by atoms with Crippen LogP contribution in [0.1, 0.15) is 108 Å². The van der Waals surface area contributed by atoms with Crippen molar-refractivity contribution in [2.45, 2.75) is 97.7 Å². The van der Waals surface area contributed by atoms with Gasteiger partial charge in [-0.25, -0.2) is 9.59 Å². The van der Waals surface area contributed by atoms with Crippen molar-refractivity contribution in [3.63, 3.8) is 0 Å². The predicted octanol–water partition coefficient (Wildman–Crippen LogP) is 2.51. The summed E-state index contributed by atoms with van der Waals surface area (Å²) in [5.41, 5.74) is -2.73. The Hall–Kier alpha value is -4.89. The lowest BCUT2D eigenvalue weighted by Crippen LogP contribution is -2.32. The zero-order valence-corrected chi connectivity index (χ0v) is 39.5. The van der Waals surface area contributed by atoms with Gasteiger partial charge in [0.15, 0.2) is 17.2 Å². The molecule has 0 saturated heterocycles. The lowest BCUT2D eigenvalue weighted by atomic mass is 9.99. The molecule has 0 heterocycles. The number of nitrogens with one attached hydrogen (secondary N) is 3. The number of alkyl carbamates (subject to hydrolysis) is 2. The fourth-order valence-corrected chi connectivity index (χ4v) is 6.19. The van der Waals surface area contributed by atoms with Crippen molar-refractivity contribution in [2.75, 3.05) is 63.8 Å². The highest BCUT2D eigenvalue weighted by Crippen LogP contribution is 2.44. The summed E-state index contributed by atoms with van der Waals surface area (Å²) < 4.78 is 126. The van der Waals surface area contributed by atoms with Gasteiger partial charge in [0.05, 0.1) is 50.2 Å². The van der Waals surface area contributed by atoms with Gasteiger partial charge >= 0.3 is 12.2 Å². The Morgan fingerprint density at radius 3 is 1.30 bits per heavy atom. The van der Waals surface area contributed by atoms with Crippen molar-refractivity contribution in [3.05, 3.63) is 16.7 Å². The number of unbranched alkanes of at least 4 members (excludes halogenated alkanes) is 3. The summed E-state index contributed by atoms with van der Waals surface area (Å²) in [5.74, 6) is 6.46. The number of hydrogen-bond donors (Lipinski definition) is 7. The van der Waals surface area contributed by atoms with Crippen LogP contribution in [0, 0.1) is 23.7 Å². The number of carbonyl (C=O) groups excluding carboxylic acids is 4. The number of hydrogen-bond acceptors (Lipinski definition) is 16. The van der Waals surface area contributed by atoms with Gasteiger partial charge in [0, 0.05) is 20.1 Å². The summed E-state index contributed by atoms with van der Waals surface area (Å²) in [6.45, 7) is 7.61. The molecule has 3 amide bonds. The minimum Gasteiger partial charge on any atom is -0.491 e. The summed E-state index contributed by atoms with van der Waals surface area (Å²) in [7, 11) is -12.5. The third-order valence-corrected chi connectivity index (χ3v) is 9.53. The average Bonchev–Trinajstić information content (AvgIpc) is 3.14. The van der Waals surface area contributed by atoms with Gasteiger partial charge in [-0.05, 0) is 73.6 Å². The van der Waals surface area contributed by atoms with Gasteiger partial charge < -0.3 is 49.5 Å². The van der Waals surface area contributed by atoms with E-state index >= 15 is 0 Å². The van der Waals surface area contributed by atoms with Crippen LogP contribution in [0.5, 0.6) is 17.2 Å². The molecule has 25 heteroatoms. The van der Waals surface area contributed by atoms with Crippen molar-refractivity contribution in [1.29, 1.82) is 0 Å². The molecule has 0 atom stereocenters. The Morgan fingerprint density at radius 1 is 0.578 bits per heavy atom. The van der Waals surface area contributed by atoms with Crippen LogP contribution in [0.2, 0.25) is 0 Å². The number of aldehydes is 1. The minimum absolute atomic E-state index is 0.0393. The van der Waals surface area contributed by atoms with Crippen LogP contribution in [-0.4, -0.2) is 143 Å². The van der Waals surface area contributed by atoms with Crippen LogP contribution in [-0.2, 0) is 44.6 Å². The third-order valence-electron chi connectivity index (χ3n) is 7.12. The van der Waals surface area contributed by atoms with E-state index in [-0.39, 0.29) is 55.8 Å². The summed E-state index contributed by atoms with van der Waals surface area (Å²) in [6.07, 6.45) is -0.180. The number of benzene rings is 1. The zero-order valence-electron chi connectivity index (χ0n) is 37.0. The Labute approximate surface area is 375 Å². The standard InChI is InChI=1S/C38H57N3O18S3.CH4O/c1-37(2,3)58-35(44)40-19-11-16-28-31(55-22-13-25-60(46,47)48)29(17-12-20-41-36(45)59-38(4,5)6)33(57-24-15-27-62(52,53)54)30(32(28)56-23-14-26-61(49,50)51)34(43)39-18-9-7-8-10-21-42;1-2/h21H,7-10,13-15,18-20,22-27H2,1-6H3,(H,39,43)(H,40,44)(H,41,45)(H,46,47,48)(H,49,50,51)(H,52,53,54);2H,1H3. The van der Waals surface area contributed by atoms with Crippen LogP contribution in [0.15, 0.2) is 0 Å². The molecule has 0 unspecified atom stereocenters. The monoisotopic (exact) mass is 971 g/mol. The van der Waals surface area contributed by atoms with E-state index in [1.54, 1.807) is 41.5 Å². The first-order valence-corrected chi connectivity index (χ1v) is 24.5. The van der Waals surface area contributed by atoms with Crippen molar-refractivity contribution < 1.29 is 86.9 Å². The van der Waals surface area contributed by atoms with Crippen molar-refractivity contribution in [1.82, 2.24) is 16.0 Å². The molecule has 0 fully saturated rings. The van der Waals surface area contributed by atoms with E-state index in [0.29, 0.717) is 25.7 Å². The van der Waals surface area contributed by atoms with E-state index in [2.05, 4.69) is 39.6 Å². The van der Waals surface area contributed by atoms with E-state index in [1.165, 1.54) is 0 Å². The van der Waals surface area contributed by atoms with E-state index in [0.717, 1.165) is 13.4 Å². The maximum absolute atomic E-state index is 14.3. The first-order chi connectivity index (χ1) is 29.6. The van der Waals surface area contributed by atoms with Gasteiger partial charge in [-0.1, -0.05) is 30.1 Å². The van der Waals surface area contributed by atoms with E-state index in [4.69, 9.17) is 28.8 Å². The molecule has 0 aliphatic carbocycles. The molecule has 7 N–H and O–H groups in total. The molecule has 64 heavy (non-hydrogen) atoms. The number of aliphatic hydroxyl groups is 1. The normalized spacial score (nSPS) is 11.5. The summed E-state index contributed by atoms with van der Waals surface area (Å²) in [6, 6.07) is 0.